The third kappa shape index (κ3) is 3.95. The molecule has 3 heteroatoms. The third-order valence-corrected chi connectivity index (χ3v) is 2.36. The second-order valence-electron chi connectivity index (χ2n) is 4.19. The summed E-state index contributed by atoms with van der Waals surface area (Å²) in [5, 5.41) is 22.0. The minimum absolute atomic E-state index is 0.0888. The Morgan fingerprint density at radius 3 is 2.31 bits per heavy atom. The van der Waals surface area contributed by atoms with Crippen LogP contribution in [0.2, 0.25) is 0 Å². The Bertz CT molecular complexity index is 361. The Labute approximate surface area is 96.4 Å². The van der Waals surface area contributed by atoms with E-state index in [1.807, 2.05) is 20.8 Å². The minimum Gasteiger partial charge on any atom is -0.508 e. The van der Waals surface area contributed by atoms with Crippen molar-refractivity contribution < 1.29 is 10.2 Å². The molecule has 0 saturated carbocycles. The first-order valence-corrected chi connectivity index (χ1v) is 5.38. The molecular weight excluding hydrogens is 202 g/mol. The molecule has 88 valence electrons. The highest BCUT2D eigenvalue weighted by molar-refractivity contribution is 5.37. The quantitative estimate of drug-likeness (QED) is 0.685. The van der Waals surface area contributed by atoms with E-state index < -0.39 is 0 Å². The molecular formula is C13H19NO2. The van der Waals surface area contributed by atoms with E-state index in [1.165, 1.54) is 11.6 Å². The van der Waals surface area contributed by atoms with Crippen LogP contribution in [0.25, 0.3) is 0 Å². The molecule has 0 saturated heterocycles. The van der Waals surface area contributed by atoms with Crippen LogP contribution in [-0.2, 0) is 0 Å². The number of phenolic OH excluding ortho intramolecular Hbond substituents is 2. The number of hydrogen-bond acceptors (Lipinski definition) is 3. The first kappa shape index (κ1) is 12.6. The lowest BCUT2D eigenvalue weighted by Crippen LogP contribution is -2.18. The molecule has 0 heterocycles. The average Bonchev–Trinajstić information content (AvgIpc) is 2.15. The molecule has 1 rings (SSSR count). The summed E-state index contributed by atoms with van der Waals surface area (Å²) in [5.41, 5.74) is 2.14. The van der Waals surface area contributed by atoms with Gasteiger partial charge in [-0.1, -0.05) is 11.6 Å². The van der Waals surface area contributed by atoms with E-state index in [2.05, 4.69) is 11.4 Å². The number of aromatic hydroxyl groups is 2. The topological polar surface area (TPSA) is 52.5 Å². The molecule has 1 unspecified atom stereocenters. The highest BCUT2D eigenvalue weighted by atomic mass is 16.3. The smallest absolute Gasteiger partial charge is 0.119 e. The molecule has 3 nitrogen and oxygen atoms in total. The maximum absolute atomic E-state index is 9.36. The lowest BCUT2D eigenvalue weighted by atomic mass is 10.1. The van der Waals surface area contributed by atoms with Gasteiger partial charge >= 0.3 is 0 Å². The number of benzene rings is 1. The molecule has 0 bridgehead atoms. The van der Waals surface area contributed by atoms with Crippen LogP contribution in [-0.4, -0.2) is 16.8 Å². The van der Waals surface area contributed by atoms with Gasteiger partial charge in [0.05, 0.1) is 0 Å². The van der Waals surface area contributed by atoms with Gasteiger partial charge in [0.2, 0.25) is 0 Å². The zero-order chi connectivity index (χ0) is 12.1. The van der Waals surface area contributed by atoms with Crippen LogP contribution in [0, 0.1) is 0 Å². The van der Waals surface area contributed by atoms with Gasteiger partial charge in [-0.2, -0.15) is 0 Å². The van der Waals surface area contributed by atoms with Gasteiger partial charge in [0.15, 0.2) is 0 Å². The Morgan fingerprint density at radius 2 is 1.81 bits per heavy atom. The predicted molar refractivity (Wildman–Crippen MR) is 65.6 cm³/mol. The maximum atomic E-state index is 9.36. The molecule has 0 aliphatic carbocycles. The van der Waals surface area contributed by atoms with Crippen LogP contribution in [0.5, 0.6) is 11.5 Å². The standard InChI is InChI=1S/C13H19NO2/c1-9(2)4-5-14-10(3)11-6-12(15)8-13(16)7-11/h4,6-8,10,14-16H,5H2,1-3H3. The largest absolute Gasteiger partial charge is 0.508 e. The van der Waals surface area contributed by atoms with E-state index in [0.29, 0.717) is 0 Å². The van der Waals surface area contributed by atoms with E-state index in [9.17, 15) is 10.2 Å². The summed E-state index contributed by atoms with van der Waals surface area (Å²) in [6, 6.07) is 4.72. The SMILES string of the molecule is CC(C)=CCNC(C)c1cc(O)cc(O)c1. The normalized spacial score (nSPS) is 12.2. The molecule has 3 N–H and O–H groups in total. The van der Waals surface area contributed by atoms with Crippen LogP contribution in [0.15, 0.2) is 29.8 Å². The van der Waals surface area contributed by atoms with Gasteiger partial charge < -0.3 is 15.5 Å². The molecule has 0 aliphatic rings. The van der Waals surface area contributed by atoms with Crippen LogP contribution in [0.4, 0.5) is 0 Å². The summed E-state index contributed by atoms with van der Waals surface area (Å²) >= 11 is 0. The van der Waals surface area contributed by atoms with Crippen molar-refractivity contribution in [2.45, 2.75) is 26.8 Å². The van der Waals surface area contributed by atoms with Crippen LogP contribution >= 0.6 is 0 Å². The Morgan fingerprint density at radius 1 is 1.25 bits per heavy atom. The van der Waals surface area contributed by atoms with Gasteiger partial charge in [0, 0.05) is 18.7 Å². The van der Waals surface area contributed by atoms with E-state index >= 15 is 0 Å². The first-order chi connectivity index (χ1) is 7.49. The lowest BCUT2D eigenvalue weighted by Gasteiger charge is -2.13. The van der Waals surface area contributed by atoms with Crippen molar-refractivity contribution in [1.82, 2.24) is 5.32 Å². The Balaban J connectivity index is 2.65. The van der Waals surface area contributed by atoms with Crippen LogP contribution in [0.1, 0.15) is 32.4 Å². The zero-order valence-electron chi connectivity index (χ0n) is 9.99. The van der Waals surface area contributed by atoms with Crippen molar-refractivity contribution in [2.24, 2.45) is 0 Å². The summed E-state index contributed by atoms with van der Waals surface area (Å²) in [5.74, 6) is 0.178. The molecule has 0 aromatic heterocycles. The van der Waals surface area contributed by atoms with Gasteiger partial charge in [0.1, 0.15) is 11.5 Å². The number of nitrogens with one attached hydrogen (secondary N) is 1. The van der Waals surface area contributed by atoms with Crippen molar-refractivity contribution in [3.63, 3.8) is 0 Å². The van der Waals surface area contributed by atoms with Crippen molar-refractivity contribution in [2.75, 3.05) is 6.54 Å². The second kappa shape index (κ2) is 5.56. The van der Waals surface area contributed by atoms with Gasteiger partial charge in [-0.15, -0.1) is 0 Å². The lowest BCUT2D eigenvalue weighted by molar-refractivity contribution is 0.446. The van der Waals surface area contributed by atoms with E-state index in [0.717, 1.165) is 12.1 Å². The Kier molecular flexibility index (Phi) is 4.38. The second-order valence-corrected chi connectivity index (χ2v) is 4.19. The zero-order valence-corrected chi connectivity index (χ0v) is 9.99. The van der Waals surface area contributed by atoms with Crippen molar-refractivity contribution in [1.29, 1.82) is 0 Å². The number of allylic oxidation sites excluding steroid dienone is 1. The minimum atomic E-state index is 0.0888. The van der Waals surface area contributed by atoms with Crippen LogP contribution < -0.4 is 5.32 Å². The number of hydrogen-bond donors (Lipinski definition) is 3. The summed E-state index contributed by atoms with van der Waals surface area (Å²) < 4.78 is 0. The first-order valence-electron chi connectivity index (χ1n) is 5.38. The molecule has 1 atom stereocenters. The third-order valence-electron chi connectivity index (χ3n) is 2.36. The van der Waals surface area contributed by atoms with E-state index in [-0.39, 0.29) is 17.5 Å². The number of rotatable bonds is 4. The molecule has 0 amide bonds. The molecule has 1 aromatic carbocycles. The molecule has 0 radical (unpaired) electrons. The average molecular weight is 221 g/mol. The van der Waals surface area contributed by atoms with E-state index in [4.69, 9.17) is 0 Å². The fourth-order valence-corrected chi connectivity index (χ4v) is 1.43. The van der Waals surface area contributed by atoms with Gasteiger partial charge in [-0.25, -0.2) is 0 Å². The molecule has 0 spiro atoms. The van der Waals surface area contributed by atoms with Crippen molar-refractivity contribution in [3.8, 4) is 11.5 Å². The van der Waals surface area contributed by atoms with Gasteiger partial charge in [0.25, 0.3) is 0 Å². The molecule has 16 heavy (non-hydrogen) atoms. The maximum Gasteiger partial charge on any atom is 0.119 e. The monoisotopic (exact) mass is 221 g/mol. The summed E-state index contributed by atoms with van der Waals surface area (Å²) in [4.78, 5) is 0. The molecule has 0 aliphatic heterocycles. The predicted octanol–water partition coefficient (Wildman–Crippen LogP) is 2.71. The fraction of sp³-hybridized carbons (Fsp3) is 0.385. The Hall–Kier alpha value is -1.48. The fourth-order valence-electron chi connectivity index (χ4n) is 1.43. The summed E-state index contributed by atoms with van der Waals surface area (Å²) in [6.45, 7) is 6.87. The molecule has 0 fully saturated rings. The summed E-state index contributed by atoms with van der Waals surface area (Å²) in [7, 11) is 0. The van der Waals surface area contributed by atoms with E-state index in [1.54, 1.807) is 12.1 Å². The van der Waals surface area contributed by atoms with Gasteiger partial charge in [-0.05, 0) is 38.5 Å². The molecule has 1 aromatic rings. The number of phenols is 2. The van der Waals surface area contributed by atoms with Crippen molar-refractivity contribution in [3.05, 3.63) is 35.4 Å². The highest BCUT2D eigenvalue weighted by Gasteiger charge is 2.06. The van der Waals surface area contributed by atoms with Crippen LogP contribution in [0.3, 0.4) is 0 Å². The van der Waals surface area contributed by atoms with Crippen molar-refractivity contribution >= 4 is 0 Å². The van der Waals surface area contributed by atoms with Gasteiger partial charge in [-0.3, -0.25) is 0 Å². The highest BCUT2D eigenvalue weighted by Crippen LogP contribution is 2.24. The summed E-state index contributed by atoms with van der Waals surface area (Å²) in [6.07, 6.45) is 2.10.